The van der Waals surface area contributed by atoms with E-state index in [0.29, 0.717) is 49.0 Å². The van der Waals surface area contributed by atoms with Gasteiger partial charge in [-0.05, 0) is 66.4 Å². The molecule has 0 saturated carbocycles. The van der Waals surface area contributed by atoms with Crippen LogP contribution in [0.4, 0.5) is 4.79 Å². The Labute approximate surface area is 236 Å². The zero-order valence-electron chi connectivity index (χ0n) is 24.0. The van der Waals surface area contributed by atoms with E-state index in [9.17, 15) is 13.2 Å². The number of hydrogen-bond acceptors (Lipinski definition) is 9. The fourth-order valence-electron chi connectivity index (χ4n) is 5.41. The molecular weight excluding hydrogens is 538 g/mol. The lowest BCUT2D eigenvalue weighted by molar-refractivity contribution is 0.148. The molecule has 0 saturated heterocycles. The molecule has 220 valence electrons. The second kappa shape index (κ2) is 12.5. The molecule has 2 amide bonds. The number of carbonyl (C=O) groups excluding carboxylic acids is 1. The molecule has 1 heterocycles. The van der Waals surface area contributed by atoms with E-state index in [1.807, 2.05) is 19.2 Å². The number of carbonyl (C=O) groups is 1. The molecular formula is C28H39N3O8S. The minimum absolute atomic E-state index is 0.0847. The maximum absolute atomic E-state index is 13.1. The highest BCUT2D eigenvalue weighted by Gasteiger charge is 2.31. The fraction of sp³-hybridized carbons (Fsp3) is 0.536. The average Bonchev–Trinajstić information content (AvgIpc) is 3.08. The Morgan fingerprint density at radius 3 is 2.12 bits per heavy atom. The van der Waals surface area contributed by atoms with Gasteiger partial charge in [0.2, 0.25) is 0 Å². The Balaban J connectivity index is 1.35. The predicted octanol–water partition coefficient (Wildman–Crippen LogP) is 2.58. The first kappa shape index (κ1) is 29.8. The molecule has 2 aliphatic rings. The van der Waals surface area contributed by atoms with Gasteiger partial charge in [0.05, 0.1) is 41.2 Å². The zero-order valence-corrected chi connectivity index (χ0v) is 24.8. The number of likely N-dealkylation sites (N-methyl/N-ethyl adjacent to an activating group) is 1. The van der Waals surface area contributed by atoms with Crippen molar-refractivity contribution in [3.8, 4) is 23.0 Å². The van der Waals surface area contributed by atoms with Gasteiger partial charge in [-0.25, -0.2) is 4.79 Å². The monoisotopic (exact) mass is 577 g/mol. The van der Waals surface area contributed by atoms with Crippen LogP contribution in [0.2, 0.25) is 0 Å². The second-order valence-corrected chi connectivity index (χ2v) is 11.8. The molecule has 2 atom stereocenters. The van der Waals surface area contributed by atoms with E-state index in [-0.39, 0.29) is 12.6 Å². The molecule has 0 aromatic heterocycles. The molecule has 0 spiro atoms. The van der Waals surface area contributed by atoms with Crippen molar-refractivity contribution in [2.75, 3.05) is 74.5 Å². The van der Waals surface area contributed by atoms with E-state index in [2.05, 4.69) is 16.3 Å². The summed E-state index contributed by atoms with van der Waals surface area (Å²) in [6.07, 6.45) is 1.63. The molecule has 1 aliphatic carbocycles. The number of urea groups is 1. The van der Waals surface area contributed by atoms with Gasteiger partial charge in [0, 0.05) is 32.1 Å². The van der Waals surface area contributed by atoms with Gasteiger partial charge in [0.15, 0.2) is 23.0 Å². The van der Waals surface area contributed by atoms with Gasteiger partial charge in [-0.15, -0.1) is 0 Å². The van der Waals surface area contributed by atoms with Gasteiger partial charge in [0.25, 0.3) is 10.1 Å². The lowest BCUT2D eigenvalue weighted by Gasteiger charge is -2.34. The lowest BCUT2D eigenvalue weighted by Crippen LogP contribution is -2.45. The van der Waals surface area contributed by atoms with Crippen molar-refractivity contribution in [1.82, 2.24) is 15.1 Å². The Kier molecular flexibility index (Phi) is 9.32. The van der Waals surface area contributed by atoms with Crippen LogP contribution in [0.3, 0.4) is 0 Å². The lowest BCUT2D eigenvalue weighted by atomic mass is 9.77. The van der Waals surface area contributed by atoms with E-state index in [0.717, 1.165) is 36.3 Å². The van der Waals surface area contributed by atoms with Crippen molar-refractivity contribution in [1.29, 1.82) is 0 Å². The molecule has 12 heteroatoms. The molecule has 0 bridgehead atoms. The second-order valence-electron chi connectivity index (χ2n) is 10.2. The van der Waals surface area contributed by atoms with Crippen LogP contribution in [0.25, 0.3) is 0 Å². The van der Waals surface area contributed by atoms with Crippen LogP contribution in [0.1, 0.15) is 34.3 Å². The Hall–Kier alpha value is -3.22. The first-order valence-corrected chi connectivity index (χ1v) is 15.0. The quantitative estimate of drug-likeness (QED) is 0.402. The molecule has 0 fully saturated rings. The van der Waals surface area contributed by atoms with Crippen molar-refractivity contribution in [2.45, 2.75) is 24.9 Å². The Morgan fingerprint density at radius 2 is 1.52 bits per heavy atom. The van der Waals surface area contributed by atoms with Gasteiger partial charge in [0.1, 0.15) is 6.10 Å². The zero-order chi connectivity index (χ0) is 29.0. The number of rotatable bonds is 11. The Bertz CT molecular complexity index is 1330. The average molecular weight is 578 g/mol. The van der Waals surface area contributed by atoms with E-state index in [1.165, 1.54) is 18.2 Å². The normalized spacial score (nSPS) is 18.2. The summed E-state index contributed by atoms with van der Waals surface area (Å²) in [6.45, 7) is 2.45. The Morgan fingerprint density at radius 1 is 0.950 bits per heavy atom. The van der Waals surface area contributed by atoms with Crippen LogP contribution < -0.4 is 24.3 Å². The van der Waals surface area contributed by atoms with Crippen molar-refractivity contribution >= 4 is 16.1 Å². The number of methoxy groups -OCH3 is 4. The summed E-state index contributed by atoms with van der Waals surface area (Å²) in [5, 5.41) is 2.98. The molecule has 2 aromatic carbocycles. The topological polar surface area (TPSA) is 116 Å². The first-order chi connectivity index (χ1) is 19.1. The maximum atomic E-state index is 13.1. The van der Waals surface area contributed by atoms with Gasteiger partial charge < -0.3 is 34.1 Å². The third kappa shape index (κ3) is 6.73. The van der Waals surface area contributed by atoms with E-state index < -0.39 is 16.2 Å². The number of hydrogen-bond donors (Lipinski definition) is 1. The van der Waals surface area contributed by atoms with Crippen LogP contribution in [0, 0.1) is 0 Å². The molecule has 2 aromatic rings. The minimum Gasteiger partial charge on any atom is -0.493 e. The summed E-state index contributed by atoms with van der Waals surface area (Å²) in [5.74, 6) is 2.87. The number of nitrogens with zero attached hydrogens (tertiary/aromatic N) is 2. The molecule has 1 aliphatic heterocycles. The van der Waals surface area contributed by atoms with Crippen molar-refractivity contribution in [2.24, 2.45) is 0 Å². The van der Waals surface area contributed by atoms with Crippen LogP contribution in [0.15, 0.2) is 24.3 Å². The third-order valence-electron chi connectivity index (χ3n) is 7.46. The van der Waals surface area contributed by atoms with Crippen LogP contribution in [-0.4, -0.2) is 98.7 Å². The fourth-order valence-corrected chi connectivity index (χ4v) is 6.00. The van der Waals surface area contributed by atoms with E-state index in [1.54, 1.807) is 32.3 Å². The van der Waals surface area contributed by atoms with Crippen LogP contribution in [-0.2, 0) is 27.1 Å². The van der Waals surface area contributed by atoms with E-state index >= 15 is 0 Å². The summed E-state index contributed by atoms with van der Waals surface area (Å²) in [7, 11) is 4.58. The molecule has 1 N–H and O–H groups in total. The molecule has 11 nitrogen and oxygen atoms in total. The number of fused-ring (bicyclic) bond motifs is 2. The van der Waals surface area contributed by atoms with Crippen molar-refractivity contribution in [3.05, 3.63) is 46.5 Å². The number of amides is 2. The molecule has 0 radical (unpaired) electrons. The smallest absolute Gasteiger partial charge is 0.317 e. The number of benzene rings is 2. The minimum atomic E-state index is -3.79. The largest absolute Gasteiger partial charge is 0.493 e. The highest BCUT2D eigenvalue weighted by Crippen LogP contribution is 2.42. The van der Waals surface area contributed by atoms with E-state index in [4.69, 9.17) is 23.1 Å². The van der Waals surface area contributed by atoms with Crippen LogP contribution in [0.5, 0.6) is 23.0 Å². The maximum Gasteiger partial charge on any atom is 0.317 e. The number of ether oxygens (including phenoxy) is 4. The first-order valence-electron chi connectivity index (χ1n) is 13.2. The van der Waals surface area contributed by atoms with Gasteiger partial charge in [-0.1, -0.05) is 0 Å². The number of nitrogens with one attached hydrogen (secondary N) is 1. The van der Waals surface area contributed by atoms with Crippen molar-refractivity contribution in [3.63, 3.8) is 0 Å². The molecule has 4 rings (SSSR count). The van der Waals surface area contributed by atoms with Crippen LogP contribution >= 0.6 is 0 Å². The molecule has 40 heavy (non-hydrogen) atoms. The summed E-state index contributed by atoms with van der Waals surface area (Å²) in [6, 6.07) is 7.36. The van der Waals surface area contributed by atoms with Gasteiger partial charge in [-0.3, -0.25) is 4.18 Å². The van der Waals surface area contributed by atoms with Crippen molar-refractivity contribution < 1.29 is 36.3 Å². The summed E-state index contributed by atoms with van der Waals surface area (Å²) in [5.41, 5.74) is 4.04. The summed E-state index contributed by atoms with van der Waals surface area (Å²) >= 11 is 0. The van der Waals surface area contributed by atoms with Gasteiger partial charge >= 0.3 is 6.03 Å². The standard InChI is InChI=1S/C28H39N3O8S/c1-30(16-20-11-19-13-24(36-3)25(37-4)14-21(19)20)10-8-29-28(32)31-9-7-18-12-23(35-2)26(38-5)15-22(18)27(17-31)39-40(6,33)34/h12-15,20,27H,7-11,16-17H2,1-6H3,(H,29,32)/t20-,27?/m0/s1. The van der Waals surface area contributed by atoms with Gasteiger partial charge in [-0.2, -0.15) is 8.42 Å². The predicted molar refractivity (Wildman–Crippen MR) is 150 cm³/mol. The highest BCUT2D eigenvalue weighted by atomic mass is 32.2. The molecule has 1 unspecified atom stereocenters. The highest BCUT2D eigenvalue weighted by molar-refractivity contribution is 7.86. The SMILES string of the molecule is COc1cc2c(cc1OC)C(OS(C)(=O)=O)CN(C(=O)NCCN(C)C[C@@H]1Cc3cc(OC)c(OC)cc31)CC2. The summed E-state index contributed by atoms with van der Waals surface area (Å²) in [4.78, 5) is 16.9. The third-order valence-corrected chi connectivity index (χ3v) is 8.04. The summed E-state index contributed by atoms with van der Waals surface area (Å²) < 4.78 is 51.2.